The van der Waals surface area contributed by atoms with Crippen LogP contribution in [0.15, 0.2) is 0 Å². The maximum absolute atomic E-state index is 12.1. The summed E-state index contributed by atoms with van der Waals surface area (Å²) in [5, 5.41) is 7.19. The lowest BCUT2D eigenvalue weighted by Gasteiger charge is -2.27. The summed E-state index contributed by atoms with van der Waals surface area (Å²) in [6.45, 7) is 9.60. The fourth-order valence-corrected chi connectivity index (χ4v) is 2.09. The number of nitrogens with one attached hydrogen (secondary N) is 1. The zero-order valence-electron chi connectivity index (χ0n) is 12.9. The van der Waals surface area contributed by atoms with Crippen molar-refractivity contribution in [3.8, 4) is 0 Å². The predicted molar refractivity (Wildman–Crippen MR) is 77.2 cm³/mol. The molecule has 0 aliphatic carbocycles. The van der Waals surface area contributed by atoms with E-state index in [2.05, 4.69) is 15.1 Å². The number of likely N-dealkylation sites (N-methyl/N-ethyl adjacent to an activating group) is 2. The van der Waals surface area contributed by atoms with Gasteiger partial charge in [0.2, 0.25) is 5.91 Å². The van der Waals surface area contributed by atoms with E-state index in [4.69, 9.17) is 0 Å². The van der Waals surface area contributed by atoms with Gasteiger partial charge in [0.05, 0.1) is 11.7 Å². The lowest BCUT2D eigenvalue weighted by atomic mass is 10.1. The van der Waals surface area contributed by atoms with E-state index in [1.54, 1.807) is 4.90 Å². The van der Waals surface area contributed by atoms with Crippen molar-refractivity contribution in [3.63, 3.8) is 0 Å². The Labute approximate surface area is 116 Å². The van der Waals surface area contributed by atoms with Gasteiger partial charge in [0.1, 0.15) is 0 Å². The summed E-state index contributed by atoms with van der Waals surface area (Å²) in [7, 11) is 3.84. The van der Waals surface area contributed by atoms with Crippen LogP contribution in [0.25, 0.3) is 0 Å². The fourth-order valence-electron chi connectivity index (χ4n) is 2.09. The van der Waals surface area contributed by atoms with E-state index in [0.29, 0.717) is 0 Å². The summed E-state index contributed by atoms with van der Waals surface area (Å²) in [6, 6.07) is -0.0857. The summed E-state index contributed by atoms with van der Waals surface area (Å²) < 4.78 is 0. The minimum absolute atomic E-state index is 0.0857. The number of rotatable bonds is 6. The van der Waals surface area contributed by atoms with Crippen molar-refractivity contribution < 1.29 is 4.79 Å². The Morgan fingerprint density at radius 3 is 2.47 bits per heavy atom. The molecule has 1 aromatic rings. The topological polar surface area (TPSA) is 52.2 Å². The molecule has 0 saturated heterocycles. The predicted octanol–water partition coefficient (Wildman–Crippen LogP) is 1.37. The molecular weight excluding hydrogens is 240 g/mol. The van der Waals surface area contributed by atoms with E-state index >= 15 is 0 Å². The molecule has 0 bridgehead atoms. The molecule has 1 aromatic heterocycles. The number of nitrogens with zero attached hydrogens (tertiary/aromatic N) is 3. The second-order valence-corrected chi connectivity index (χ2v) is 5.17. The molecule has 1 unspecified atom stereocenters. The third kappa shape index (κ3) is 3.80. The Balaban J connectivity index is 2.56. The first kappa shape index (κ1) is 15.7. The first-order valence-electron chi connectivity index (χ1n) is 6.84. The number of aromatic nitrogens is 2. The molecule has 5 nitrogen and oxygen atoms in total. The molecule has 19 heavy (non-hydrogen) atoms. The number of carbonyl (C=O) groups is 1. The number of hydrogen-bond acceptors (Lipinski definition) is 3. The van der Waals surface area contributed by atoms with Crippen molar-refractivity contribution in [2.45, 2.75) is 40.2 Å². The van der Waals surface area contributed by atoms with Crippen LogP contribution in [0.5, 0.6) is 0 Å². The van der Waals surface area contributed by atoms with Gasteiger partial charge in [0.25, 0.3) is 0 Å². The normalized spacial score (nSPS) is 12.8. The molecule has 1 amide bonds. The Morgan fingerprint density at radius 2 is 2.00 bits per heavy atom. The summed E-state index contributed by atoms with van der Waals surface area (Å²) in [5.41, 5.74) is 3.43. The number of hydrogen-bond donors (Lipinski definition) is 1. The van der Waals surface area contributed by atoms with Gasteiger partial charge in [-0.3, -0.25) is 14.8 Å². The molecule has 1 heterocycles. The Hall–Kier alpha value is -1.36. The average Bonchev–Trinajstić information content (AvgIpc) is 2.72. The zero-order chi connectivity index (χ0) is 14.6. The Kier molecular flexibility index (Phi) is 5.54. The first-order chi connectivity index (χ1) is 8.88. The van der Waals surface area contributed by atoms with Crippen LogP contribution in [-0.2, 0) is 11.2 Å². The van der Waals surface area contributed by atoms with Crippen molar-refractivity contribution in [3.05, 3.63) is 17.0 Å². The quantitative estimate of drug-likeness (QED) is 0.846. The minimum atomic E-state index is -0.0857. The van der Waals surface area contributed by atoms with Gasteiger partial charge >= 0.3 is 0 Å². The highest BCUT2D eigenvalue weighted by Gasteiger charge is 2.20. The second-order valence-electron chi connectivity index (χ2n) is 5.17. The third-order valence-electron chi connectivity index (χ3n) is 3.86. The summed E-state index contributed by atoms with van der Waals surface area (Å²) in [6.07, 6.45) is 0.915. The fraction of sp³-hybridized carbons (Fsp3) is 0.714. The molecule has 0 aliphatic rings. The summed E-state index contributed by atoms with van der Waals surface area (Å²) >= 11 is 0. The van der Waals surface area contributed by atoms with Gasteiger partial charge in [-0.15, -0.1) is 0 Å². The highest BCUT2D eigenvalue weighted by molar-refractivity contribution is 5.81. The molecule has 0 spiro atoms. The van der Waals surface area contributed by atoms with Gasteiger partial charge in [-0.05, 0) is 46.7 Å². The average molecular weight is 266 g/mol. The van der Waals surface area contributed by atoms with E-state index in [1.807, 2.05) is 41.8 Å². The molecule has 1 atom stereocenters. The van der Waals surface area contributed by atoms with Crippen LogP contribution < -0.4 is 0 Å². The smallest absolute Gasteiger partial charge is 0.239 e. The van der Waals surface area contributed by atoms with Gasteiger partial charge in [0.15, 0.2) is 0 Å². The number of H-pyrrole nitrogens is 1. The summed E-state index contributed by atoms with van der Waals surface area (Å²) in [5.74, 6) is 0.172. The van der Waals surface area contributed by atoms with E-state index < -0.39 is 0 Å². The Bertz CT molecular complexity index is 408. The number of carbonyl (C=O) groups excluding carboxylic acids is 1. The van der Waals surface area contributed by atoms with Crippen LogP contribution in [0.3, 0.4) is 0 Å². The standard InChI is InChI=1S/C14H26N4O/c1-7-17(5)14(19)12(4)18(6)9-8-13-10(2)15-16-11(13)3/h12H,7-9H2,1-6H3,(H,15,16). The van der Waals surface area contributed by atoms with Gasteiger partial charge in [-0.2, -0.15) is 5.10 Å². The minimum Gasteiger partial charge on any atom is -0.345 e. The van der Waals surface area contributed by atoms with E-state index in [-0.39, 0.29) is 11.9 Å². The number of aryl methyl sites for hydroxylation is 2. The number of aromatic amines is 1. The van der Waals surface area contributed by atoms with Crippen LogP contribution in [0.2, 0.25) is 0 Å². The SMILES string of the molecule is CCN(C)C(=O)C(C)N(C)CCc1c(C)n[nH]c1C. The lowest BCUT2D eigenvalue weighted by Crippen LogP contribution is -2.44. The third-order valence-corrected chi connectivity index (χ3v) is 3.86. The largest absolute Gasteiger partial charge is 0.345 e. The second kappa shape index (κ2) is 6.70. The van der Waals surface area contributed by atoms with Crippen LogP contribution >= 0.6 is 0 Å². The molecule has 0 aromatic carbocycles. The van der Waals surface area contributed by atoms with Gasteiger partial charge in [-0.25, -0.2) is 0 Å². The molecule has 0 aliphatic heterocycles. The van der Waals surface area contributed by atoms with Crippen molar-refractivity contribution in [2.24, 2.45) is 0 Å². The van der Waals surface area contributed by atoms with E-state index in [1.165, 1.54) is 5.56 Å². The van der Waals surface area contributed by atoms with Crippen molar-refractivity contribution in [1.29, 1.82) is 0 Å². The van der Waals surface area contributed by atoms with Crippen molar-refractivity contribution >= 4 is 5.91 Å². The molecule has 108 valence electrons. The van der Waals surface area contributed by atoms with Crippen LogP contribution in [0.1, 0.15) is 30.8 Å². The van der Waals surface area contributed by atoms with Crippen LogP contribution in [-0.4, -0.2) is 59.1 Å². The van der Waals surface area contributed by atoms with Gasteiger partial charge in [0, 0.05) is 25.8 Å². The van der Waals surface area contributed by atoms with E-state index in [9.17, 15) is 4.79 Å². The van der Waals surface area contributed by atoms with Crippen LogP contribution in [0.4, 0.5) is 0 Å². The van der Waals surface area contributed by atoms with Crippen LogP contribution in [0, 0.1) is 13.8 Å². The molecule has 1 rings (SSSR count). The monoisotopic (exact) mass is 266 g/mol. The first-order valence-corrected chi connectivity index (χ1v) is 6.84. The zero-order valence-corrected chi connectivity index (χ0v) is 12.9. The number of amides is 1. The molecule has 0 radical (unpaired) electrons. The Morgan fingerprint density at radius 1 is 1.37 bits per heavy atom. The maximum Gasteiger partial charge on any atom is 0.239 e. The lowest BCUT2D eigenvalue weighted by molar-refractivity contribution is -0.134. The molecule has 5 heteroatoms. The highest BCUT2D eigenvalue weighted by Crippen LogP contribution is 2.11. The van der Waals surface area contributed by atoms with E-state index in [0.717, 1.165) is 30.9 Å². The van der Waals surface area contributed by atoms with Crippen molar-refractivity contribution in [2.75, 3.05) is 27.2 Å². The maximum atomic E-state index is 12.1. The molecular formula is C14H26N4O. The highest BCUT2D eigenvalue weighted by atomic mass is 16.2. The van der Waals surface area contributed by atoms with Crippen molar-refractivity contribution in [1.82, 2.24) is 20.0 Å². The van der Waals surface area contributed by atoms with Gasteiger partial charge < -0.3 is 4.90 Å². The van der Waals surface area contributed by atoms with Gasteiger partial charge in [-0.1, -0.05) is 0 Å². The summed E-state index contributed by atoms with van der Waals surface area (Å²) in [4.78, 5) is 15.9. The molecule has 0 fully saturated rings. The molecule has 1 N–H and O–H groups in total. The molecule has 0 saturated carbocycles.